The molecule has 1 rings (SSSR count). The molecule has 1 atom stereocenters. The fourth-order valence-electron chi connectivity index (χ4n) is 1.14. The second-order valence-electron chi connectivity index (χ2n) is 3.62. The van der Waals surface area contributed by atoms with Crippen molar-refractivity contribution in [3.63, 3.8) is 0 Å². The molecule has 4 nitrogen and oxygen atoms in total. The van der Waals surface area contributed by atoms with Crippen LogP contribution in [0.2, 0.25) is 0 Å². The van der Waals surface area contributed by atoms with Gasteiger partial charge in [0, 0.05) is 16.2 Å². The molecule has 6 heteroatoms. The number of rotatable bonds is 5. The predicted octanol–water partition coefficient (Wildman–Crippen LogP) is 1.31. The Morgan fingerprint density at radius 1 is 1.50 bits per heavy atom. The maximum absolute atomic E-state index is 11.8. The highest BCUT2D eigenvalue weighted by Gasteiger charge is 2.13. The van der Waals surface area contributed by atoms with Crippen molar-refractivity contribution < 1.29 is 8.42 Å². The van der Waals surface area contributed by atoms with Gasteiger partial charge in [-0.1, -0.05) is 6.07 Å². The molecule has 3 N–H and O–H groups in total. The van der Waals surface area contributed by atoms with Crippen LogP contribution in [0, 0.1) is 3.57 Å². The van der Waals surface area contributed by atoms with E-state index in [0.29, 0.717) is 17.9 Å². The zero-order valence-electron chi connectivity index (χ0n) is 8.98. The molecule has 0 amide bonds. The van der Waals surface area contributed by atoms with Gasteiger partial charge in [0.1, 0.15) is 0 Å². The van der Waals surface area contributed by atoms with Crippen molar-refractivity contribution in [3.8, 4) is 0 Å². The van der Waals surface area contributed by atoms with Crippen LogP contribution in [0.1, 0.15) is 13.3 Å². The minimum absolute atomic E-state index is 0.00129. The summed E-state index contributed by atoms with van der Waals surface area (Å²) in [5.41, 5.74) is 5.55. The molecule has 16 heavy (non-hydrogen) atoms. The Balaban J connectivity index is 2.71. The lowest BCUT2D eigenvalue weighted by atomic mass is 10.3. The maximum atomic E-state index is 11.8. The number of nitrogens with two attached hydrogens (primary N) is 1. The van der Waals surface area contributed by atoms with Crippen LogP contribution in [0.25, 0.3) is 0 Å². The molecule has 0 radical (unpaired) electrons. The molecule has 0 aliphatic carbocycles. The number of hydrogen-bond donors (Lipinski definition) is 2. The molecule has 1 aromatic rings. The van der Waals surface area contributed by atoms with Gasteiger partial charge in [0.25, 0.3) is 0 Å². The van der Waals surface area contributed by atoms with E-state index >= 15 is 0 Å². The summed E-state index contributed by atoms with van der Waals surface area (Å²) < 4.78 is 27.0. The first-order valence-corrected chi connectivity index (χ1v) is 7.49. The van der Waals surface area contributed by atoms with Crippen LogP contribution in [0.3, 0.4) is 0 Å². The number of sulfonamides is 1. The lowest BCUT2D eigenvalue weighted by Crippen LogP contribution is -2.29. The Bertz CT molecular complexity index is 446. The molecule has 0 bridgehead atoms. The summed E-state index contributed by atoms with van der Waals surface area (Å²) in [4.78, 5) is 0.295. The van der Waals surface area contributed by atoms with Crippen molar-refractivity contribution in [2.45, 2.75) is 24.3 Å². The third kappa shape index (κ3) is 4.36. The Labute approximate surface area is 110 Å². The van der Waals surface area contributed by atoms with Crippen LogP contribution in [-0.2, 0) is 10.0 Å². The molecule has 0 saturated heterocycles. The summed E-state index contributed by atoms with van der Waals surface area (Å²) >= 11 is 2.08. The van der Waals surface area contributed by atoms with E-state index in [1.165, 1.54) is 0 Å². The molecular formula is C10H15IN2O2S. The molecular weight excluding hydrogens is 339 g/mol. The van der Waals surface area contributed by atoms with E-state index in [0.717, 1.165) is 3.57 Å². The third-order valence-corrected chi connectivity index (χ3v) is 4.13. The largest absolute Gasteiger partial charge is 0.328 e. The molecule has 0 fully saturated rings. The third-order valence-electron chi connectivity index (χ3n) is 2.00. The van der Waals surface area contributed by atoms with Crippen molar-refractivity contribution in [1.82, 2.24) is 4.72 Å². The molecule has 1 aromatic carbocycles. The number of benzene rings is 1. The van der Waals surface area contributed by atoms with Gasteiger partial charge < -0.3 is 5.73 Å². The van der Waals surface area contributed by atoms with Crippen LogP contribution in [0.4, 0.5) is 0 Å². The lowest BCUT2D eigenvalue weighted by molar-refractivity contribution is 0.572. The van der Waals surface area contributed by atoms with Crippen molar-refractivity contribution in [1.29, 1.82) is 0 Å². The number of hydrogen-bond acceptors (Lipinski definition) is 3. The first kappa shape index (κ1) is 13.9. The Hall–Kier alpha value is -0.180. The van der Waals surface area contributed by atoms with E-state index in [-0.39, 0.29) is 6.04 Å². The van der Waals surface area contributed by atoms with Gasteiger partial charge in [-0.3, -0.25) is 0 Å². The Morgan fingerprint density at radius 2 is 2.19 bits per heavy atom. The highest BCUT2D eigenvalue weighted by atomic mass is 127. The first-order valence-electron chi connectivity index (χ1n) is 4.92. The van der Waals surface area contributed by atoms with Crippen molar-refractivity contribution >= 4 is 32.6 Å². The van der Waals surface area contributed by atoms with Crippen LogP contribution < -0.4 is 10.5 Å². The topological polar surface area (TPSA) is 72.2 Å². The van der Waals surface area contributed by atoms with E-state index in [2.05, 4.69) is 27.3 Å². The monoisotopic (exact) mass is 354 g/mol. The van der Waals surface area contributed by atoms with Gasteiger partial charge in [0.05, 0.1) is 4.90 Å². The summed E-state index contributed by atoms with van der Waals surface area (Å²) in [6, 6.07) is 6.78. The van der Waals surface area contributed by atoms with Crippen LogP contribution in [0.15, 0.2) is 29.2 Å². The molecule has 0 aromatic heterocycles. The SMILES string of the molecule is CC(N)CCNS(=O)(=O)c1cccc(I)c1. The van der Waals surface area contributed by atoms with E-state index in [1.54, 1.807) is 18.2 Å². The van der Waals surface area contributed by atoms with Crippen LogP contribution >= 0.6 is 22.6 Å². The summed E-state index contributed by atoms with van der Waals surface area (Å²) in [6.45, 7) is 2.21. The molecule has 90 valence electrons. The molecule has 1 unspecified atom stereocenters. The quantitative estimate of drug-likeness (QED) is 0.784. The van der Waals surface area contributed by atoms with Crippen molar-refractivity contribution in [3.05, 3.63) is 27.8 Å². The van der Waals surface area contributed by atoms with Gasteiger partial charge in [-0.25, -0.2) is 13.1 Å². The summed E-state index contributed by atoms with van der Waals surface area (Å²) in [7, 11) is -3.39. The minimum Gasteiger partial charge on any atom is -0.328 e. The second kappa shape index (κ2) is 5.95. The highest BCUT2D eigenvalue weighted by molar-refractivity contribution is 14.1. The van der Waals surface area contributed by atoms with Gasteiger partial charge in [0.15, 0.2) is 0 Å². The Kier molecular flexibility index (Phi) is 5.16. The van der Waals surface area contributed by atoms with E-state index in [9.17, 15) is 8.42 Å². The predicted molar refractivity (Wildman–Crippen MR) is 72.6 cm³/mol. The standard InChI is InChI=1S/C10H15IN2O2S/c1-8(12)5-6-13-16(14,15)10-4-2-3-9(11)7-10/h2-4,7-8,13H,5-6,12H2,1H3. The van der Waals surface area contributed by atoms with Gasteiger partial charge in [-0.15, -0.1) is 0 Å². The van der Waals surface area contributed by atoms with E-state index in [1.807, 2.05) is 13.0 Å². The Morgan fingerprint density at radius 3 is 2.75 bits per heavy atom. The highest BCUT2D eigenvalue weighted by Crippen LogP contribution is 2.12. The molecule has 0 saturated carbocycles. The number of halogens is 1. The lowest BCUT2D eigenvalue weighted by Gasteiger charge is -2.08. The second-order valence-corrected chi connectivity index (χ2v) is 6.63. The van der Waals surface area contributed by atoms with E-state index < -0.39 is 10.0 Å². The van der Waals surface area contributed by atoms with Gasteiger partial charge in [0.2, 0.25) is 10.0 Å². The summed E-state index contributed by atoms with van der Waals surface area (Å²) in [5.74, 6) is 0. The van der Waals surface area contributed by atoms with Gasteiger partial charge in [-0.2, -0.15) is 0 Å². The van der Waals surface area contributed by atoms with Crippen LogP contribution in [0.5, 0.6) is 0 Å². The zero-order valence-corrected chi connectivity index (χ0v) is 12.0. The maximum Gasteiger partial charge on any atom is 0.240 e. The van der Waals surface area contributed by atoms with E-state index in [4.69, 9.17) is 5.73 Å². The zero-order chi connectivity index (χ0) is 12.2. The first-order chi connectivity index (χ1) is 7.42. The van der Waals surface area contributed by atoms with Crippen molar-refractivity contribution in [2.24, 2.45) is 5.73 Å². The average molecular weight is 354 g/mol. The average Bonchev–Trinajstić information content (AvgIpc) is 2.16. The smallest absolute Gasteiger partial charge is 0.240 e. The fraction of sp³-hybridized carbons (Fsp3) is 0.400. The van der Waals surface area contributed by atoms with Gasteiger partial charge >= 0.3 is 0 Å². The normalized spacial score (nSPS) is 13.7. The molecule has 0 aliphatic rings. The molecule has 0 spiro atoms. The van der Waals surface area contributed by atoms with Gasteiger partial charge in [-0.05, 0) is 54.1 Å². The molecule has 0 heterocycles. The molecule has 0 aliphatic heterocycles. The summed E-state index contributed by atoms with van der Waals surface area (Å²) in [5, 5.41) is 0. The van der Waals surface area contributed by atoms with Crippen LogP contribution in [-0.4, -0.2) is 21.0 Å². The van der Waals surface area contributed by atoms with Crippen molar-refractivity contribution in [2.75, 3.05) is 6.54 Å². The fourth-order valence-corrected chi connectivity index (χ4v) is 2.99. The number of nitrogens with one attached hydrogen (secondary N) is 1. The summed E-state index contributed by atoms with van der Waals surface area (Å²) in [6.07, 6.45) is 0.628. The minimum atomic E-state index is -3.39.